The smallest absolute Gasteiger partial charge is 0.276 e. The SMILES string of the molecule is CCc1ccc(NC(=O)c2ccn(-c3ccc4ccc(-c5ccccc5)cn34)n2)cc1. The third kappa shape index (κ3) is 3.73. The molecule has 3 heterocycles. The minimum absolute atomic E-state index is 0.228. The average molecular weight is 406 g/mol. The molecule has 2 aromatic carbocycles. The number of anilines is 1. The second-order valence-electron chi connectivity index (χ2n) is 7.42. The van der Waals surface area contributed by atoms with Gasteiger partial charge in [0.05, 0.1) is 0 Å². The van der Waals surface area contributed by atoms with Crippen molar-refractivity contribution in [3.05, 3.63) is 109 Å². The number of carbonyl (C=O) groups excluding carboxylic acids is 1. The summed E-state index contributed by atoms with van der Waals surface area (Å²) in [5.41, 5.74) is 5.69. The zero-order chi connectivity index (χ0) is 21.2. The van der Waals surface area contributed by atoms with Gasteiger partial charge in [-0.3, -0.25) is 4.79 Å². The zero-order valence-corrected chi connectivity index (χ0v) is 17.2. The van der Waals surface area contributed by atoms with Crippen molar-refractivity contribution < 1.29 is 4.79 Å². The van der Waals surface area contributed by atoms with E-state index < -0.39 is 0 Å². The summed E-state index contributed by atoms with van der Waals surface area (Å²) in [5, 5.41) is 7.43. The van der Waals surface area contributed by atoms with Crippen LogP contribution in [-0.2, 0) is 6.42 Å². The van der Waals surface area contributed by atoms with E-state index in [1.165, 1.54) is 5.56 Å². The van der Waals surface area contributed by atoms with Gasteiger partial charge in [-0.2, -0.15) is 5.10 Å². The Balaban J connectivity index is 1.42. The van der Waals surface area contributed by atoms with E-state index in [2.05, 4.69) is 52.2 Å². The van der Waals surface area contributed by atoms with Crippen molar-refractivity contribution >= 4 is 17.1 Å². The molecular weight excluding hydrogens is 384 g/mol. The van der Waals surface area contributed by atoms with Crippen LogP contribution in [0.3, 0.4) is 0 Å². The number of amides is 1. The largest absolute Gasteiger partial charge is 0.321 e. The molecule has 0 aliphatic heterocycles. The minimum atomic E-state index is -0.228. The molecule has 5 heteroatoms. The highest BCUT2D eigenvalue weighted by atomic mass is 16.1. The van der Waals surface area contributed by atoms with Crippen molar-refractivity contribution in [2.24, 2.45) is 0 Å². The van der Waals surface area contributed by atoms with Gasteiger partial charge in [0, 0.05) is 23.6 Å². The van der Waals surface area contributed by atoms with Gasteiger partial charge in [0.25, 0.3) is 5.91 Å². The molecule has 0 aliphatic rings. The number of aryl methyl sites for hydroxylation is 1. The van der Waals surface area contributed by atoms with Crippen LogP contribution in [-0.4, -0.2) is 20.1 Å². The molecule has 31 heavy (non-hydrogen) atoms. The van der Waals surface area contributed by atoms with E-state index in [0.29, 0.717) is 5.69 Å². The number of carbonyl (C=O) groups is 1. The first-order valence-corrected chi connectivity index (χ1v) is 10.3. The van der Waals surface area contributed by atoms with Crippen LogP contribution in [0.4, 0.5) is 5.69 Å². The fourth-order valence-electron chi connectivity index (χ4n) is 3.67. The van der Waals surface area contributed by atoms with Gasteiger partial charge in [-0.05, 0) is 59.5 Å². The highest BCUT2D eigenvalue weighted by Gasteiger charge is 2.13. The Morgan fingerprint density at radius 3 is 2.42 bits per heavy atom. The number of nitrogens with one attached hydrogen (secondary N) is 1. The van der Waals surface area contributed by atoms with Crippen LogP contribution in [0.25, 0.3) is 22.5 Å². The van der Waals surface area contributed by atoms with Gasteiger partial charge in [-0.15, -0.1) is 0 Å². The number of aromatic nitrogens is 3. The quantitative estimate of drug-likeness (QED) is 0.413. The summed E-state index contributed by atoms with van der Waals surface area (Å²) in [5.74, 6) is 0.646. The third-order valence-electron chi connectivity index (χ3n) is 5.41. The Kier molecular flexibility index (Phi) is 4.84. The molecule has 0 radical (unpaired) electrons. The highest BCUT2D eigenvalue weighted by molar-refractivity contribution is 6.02. The van der Waals surface area contributed by atoms with Crippen molar-refractivity contribution in [3.8, 4) is 16.9 Å². The summed E-state index contributed by atoms with van der Waals surface area (Å²) < 4.78 is 3.82. The lowest BCUT2D eigenvalue weighted by molar-refractivity contribution is 0.102. The number of hydrogen-bond donors (Lipinski definition) is 1. The van der Waals surface area contributed by atoms with Gasteiger partial charge in [-0.25, -0.2) is 4.68 Å². The maximum Gasteiger partial charge on any atom is 0.276 e. The van der Waals surface area contributed by atoms with Gasteiger partial charge >= 0.3 is 0 Å². The van der Waals surface area contributed by atoms with Gasteiger partial charge in [-0.1, -0.05) is 55.5 Å². The predicted molar refractivity (Wildman–Crippen MR) is 124 cm³/mol. The Labute approximate surface area is 180 Å². The Bertz CT molecular complexity index is 1350. The van der Waals surface area contributed by atoms with E-state index in [9.17, 15) is 4.79 Å². The summed E-state index contributed by atoms with van der Waals surface area (Å²) >= 11 is 0. The number of rotatable bonds is 5. The third-order valence-corrected chi connectivity index (χ3v) is 5.41. The van der Waals surface area contributed by atoms with E-state index in [4.69, 9.17) is 0 Å². The summed E-state index contributed by atoms with van der Waals surface area (Å²) in [6.45, 7) is 2.11. The first-order valence-electron chi connectivity index (χ1n) is 10.3. The average Bonchev–Trinajstić information content (AvgIpc) is 3.47. The number of hydrogen-bond acceptors (Lipinski definition) is 2. The lowest BCUT2D eigenvalue weighted by Crippen LogP contribution is -2.13. The van der Waals surface area contributed by atoms with Crippen molar-refractivity contribution in [3.63, 3.8) is 0 Å². The van der Waals surface area contributed by atoms with Crippen molar-refractivity contribution in [1.82, 2.24) is 14.2 Å². The maximum atomic E-state index is 12.7. The number of nitrogens with zero attached hydrogens (tertiary/aromatic N) is 3. The van der Waals surface area contributed by atoms with Gasteiger partial charge in [0.2, 0.25) is 0 Å². The number of fused-ring (bicyclic) bond motifs is 1. The Hall–Kier alpha value is -4.12. The lowest BCUT2D eigenvalue weighted by atomic mass is 10.1. The van der Waals surface area contributed by atoms with E-state index in [1.54, 1.807) is 10.7 Å². The van der Waals surface area contributed by atoms with Gasteiger partial charge in [0.1, 0.15) is 5.82 Å². The molecule has 5 rings (SSSR count). The van der Waals surface area contributed by atoms with Crippen molar-refractivity contribution in [2.45, 2.75) is 13.3 Å². The van der Waals surface area contributed by atoms with Crippen molar-refractivity contribution in [1.29, 1.82) is 0 Å². The normalized spacial score (nSPS) is 11.0. The van der Waals surface area contributed by atoms with E-state index in [1.807, 2.05) is 60.8 Å². The molecule has 0 saturated heterocycles. The van der Waals surface area contributed by atoms with Crippen LogP contribution in [0.1, 0.15) is 23.0 Å². The number of benzene rings is 2. The minimum Gasteiger partial charge on any atom is -0.321 e. The van der Waals surface area contributed by atoms with Crippen LogP contribution in [0.15, 0.2) is 97.3 Å². The van der Waals surface area contributed by atoms with E-state index in [0.717, 1.165) is 34.6 Å². The molecular formula is C26H22N4O. The summed E-state index contributed by atoms with van der Waals surface area (Å²) in [6.07, 6.45) is 4.87. The molecule has 0 fully saturated rings. The van der Waals surface area contributed by atoms with E-state index >= 15 is 0 Å². The second-order valence-corrected chi connectivity index (χ2v) is 7.42. The summed E-state index contributed by atoms with van der Waals surface area (Å²) in [7, 11) is 0. The van der Waals surface area contributed by atoms with E-state index in [-0.39, 0.29) is 5.91 Å². The molecule has 0 saturated carbocycles. The molecule has 0 bridgehead atoms. The highest BCUT2D eigenvalue weighted by Crippen LogP contribution is 2.23. The molecule has 0 atom stereocenters. The lowest BCUT2D eigenvalue weighted by Gasteiger charge is -2.07. The molecule has 5 nitrogen and oxygen atoms in total. The maximum absolute atomic E-state index is 12.7. The van der Waals surface area contributed by atoms with Crippen LogP contribution < -0.4 is 5.32 Å². The molecule has 0 unspecified atom stereocenters. The first-order chi connectivity index (χ1) is 15.2. The first kappa shape index (κ1) is 18.9. The number of pyridine rings is 1. The molecule has 3 aromatic heterocycles. The van der Waals surface area contributed by atoms with Gasteiger partial charge < -0.3 is 9.72 Å². The molecule has 152 valence electrons. The Morgan fingerprint density at radius 1 is 0.871 bits per heavy atom. The topological polar surface area (TPSA) is 51.3 Å². The molecule has 0 aliphatic carbocycles. The van der Waals surface area contributed by atoms with Crippen LogP contribution in [0.5, 0.6) is 0 Å². The molecule has 1 amide bonds. The van der Waals surface area contributed by atoms with Crippen LogP contribution in [0, 0.1) is 0 Å². The monoisotopic (exact) mass is 406 g/mol. The zero-order valence-electron chi connectivity index (χ0n) is 17.2. The van der Waals surface area contributed by atoms with Gasteiger partial charge in [0.15, 0.2) is 5.69 Å². The van der Waals surface area contributed by atoms with Crippen molar-refractivity contribution in [2.75, 3.05) is 5.32 Å². The molecule has 1 N–H and O–H groups in total. The molecule has 5 aromatic rings. The van der Waals surface area contributed by atoms with Crippen LogP contribution >= 0.6 is 0 Å². The standard InChI is InChI=1S/C26H22N4O/c1-2-19-8-11-22(12-9-19)27-26(31)24-16-17-30(28-24)25-15-14-23-13-10-21(18-29(23)25)20-6-4-3-5-7-20/h3-18H,2H2,1H3,(H,27,31). The summed E-state index contributed by atoms with van der Waals surface area (Å²) in [4.78, 5) is 12.7. The van der Waals surface area contributed by atoms with Crippen LogP contribution in [0.2, 0.25) is 0 Å². The fraction of sp³-hybridized carbons (Fsp3) is 0.0769. The summed E-state index contributed by atoms with van der Waals surface area (Å²) in [6, 6.07) is 28.1. The second kappa shape index (κ2) is 7.95. The molecule has 0 spiro atoms. The Morgan fingerprint density at radius 2 is 1.65 bits per heavy atom. The predicted octanol–water partition coefficient (Wildman–Crippen LogP) is 5.61. The fourth-order valence-corrected chi connectivity index (χ4v) is 3.67.